The maximum Gasteiger partial charge on any atom is 0.573 e. The van der Waals surface area contributed by atoms with Gasteiger partial charge in [0.2, 0.25) is 0 Å². The molecule has 2 fully saturated rings. The van der Waals surface area contributed by atoms with Crippen LogP contribution in [0.25, 0.3) is 10.1 Å². The highest BCUT2D eigenvalue weighted by Gasteiger charge is 2.36. The quantitative estimate of drug-likeness (QED) is 0.143. The predicted molar refractivity (Wildman–Crippen MR) is 178 cm³/mol. The smallest absolute Gasteiger partial charge is 0.404 e. The van der Waals surface area contributed by atoms with E-state index < -0.39 is 44.1 Å². The van der Waals surface area contributed by atoms with E-state index in [9.17, 15) is 35.3 Å². The third-order valence-corrected chi connectivity index (χ3v) is 13.3. The van der Waals surface area contributed by atoms with E-state index in [1.54, 1.807) is 18.2 Å². The number of likely N-dealkylation sites (tertiary alicyclic amines) is 1. The molecule has 2 saturated heterocycles. The first-order chi connectivity index (χ1) is 22.5. The molecule has 48 heavy (non-hydrogen) atoms. The SMILES string of the molecule is CN1CCC(Nc2cccc3c(CC(F)(F)F)c(C#CCNc4ccc(P5(=O)CCC(N(C)C)CC5)cc4OC(F)(F)F)sc23)[C@@H](F)C1. The van der Waals surface area contributed by atoms with Crippen molar-refractivity contribution in [1.29, 1.82) is 0 Å². The molecule has 2 aliphatic heterocycles. The molecular weight excluding hydrogens is 680 g/mol. The van der Waals surface area contributed by atoms with Crippen LogP contribution in [0.4, 0.5) is 42.1 Å². The first kappa shape index (κ1) is 36.3. The first-order valence-corrected chi connectivity index (χ1v) is 18.5. The van der Waals surface area contributed by atoms with Gasteiger partial charge in [-0.05, 0) is 75.6 Å². The maximum atomic E-state index is 14.8. The van der Waals surface area contributed by atoms with Crippen molar-refractivity contribution in [3.63, 3.8) is 0 Å². The zero-order valence-corrected chi connectivity index (χ0v) is 28.5. The van der Waals surface area contributed by atoms with E-state index in [0.29, 0.717) is 59.2 Å². The third-order valence-electron chi connectivity index (χ3n) is 8.89. The number of fused-ring (bicyclic) bond motifs is 1. The minimum absolute atomic E-state index is 0.0158. The molecule has 0 spiro atoms. The van der Waals surface area contributed by atoms with Crippen LogP contribution in [-0.2, 0) is 11.0 Å². The summed E-state index contributed by atoms with van der Waals surface area (Å²) in [6.45, 7) is 0.715. The van der Waals surface area contributed by atoms with Gasteiger partial charge in [-0.2, -0.15) is 13.2 Å². The Morgan fingerprint density at radius 3 is 2.44 bits per heavy atom. The van der Waals surface area contributed by atoms with Crippen molar-refractivity contribution in [1.82, 2.24) is 9.80 Å². The number of piperidine rings is 1. The molecule has 5 rings (SSSR count). The second-order valence-electron chi connectivity index (χ2n) is 12.6. The highest BCUT2D eigenvalue weighted by molar-refractivity contribution is 7.71. The van der Waals surface area contributed by atoms with Crippen LogP contribution in [0.2, 0.25) is 0 Å². The summed E-state index contributed by atoms with van der Waals surface area (Å²) in [6, 6.07) is 8.70. The summed E-state index contributed by atoms with van der Waals surface area (Å²) in [4.78, 5) is 4.09. The molecular formula is C33H38F7N4O2PS. The Balaban J connectivity index is 1.38. The van der Waals surface area contributed by atoms with Crippen molar-refractivity contribution in [2.45, 2.75) is 56.5 Å². The summed E-state index contributed by atoms with van der Waals surface area (Å²) >= 11 is 1.05. The minimum Gasteiger partial charge on any atom is -0.404 e. The van der Waals surface area contributed by atoms with Crippen molar-refractivity contribution < 1.29 is 40.0 Å². The van der Waals surface area contributed by atoms with Crippen molar-refractivity contribution >= 4 is 45.2 Å². The number of ether oxygens (including phenoxy) is 1. The fourth-order valence-corrected chi connectivity index (χ4v) is 10.3. The molecule has 0 amide bonds. The van der Waals surface area contributed by atoms with Crippen LogP contribution >= 0.6 is 18.5 Å². The molecule has 0 bridgehead atoms. The molecule has 2 aliphatic rings. The van der Waals surface area contributed by atoms with Gasteiger partial charge in [-0.3, -0.25) is 0 Å². The molecule has 2 atom stereocenters. The Morgan fingerprint density at radius 2 is 1.79 bits per heavy atom. The second-order valence-corrected chi connectivity index (χ2v) is 16.8. The van der Waals surface area contributed by atoms with E-state index in [1.165, 1.54) is 12.1 Å². The number of nitrogens with zero attached hydrogens (tertiary/aromatic N) is 2. The molecule has 2 aromatic carbocycles. The van der Waals surface area contributed by atoms with E-state index in [-0.39, 0.29) is 35.3 Å². The number of alkyl halides is 7. The van der Waals surface area contributed by atoms with E-state index in [4.69, 9.17) is 0 Å². The summed E-state index contributed by atoms with van der Waals surface area (Å²) in [5, 5.41) is 6.63. The van der Waals surface area contributed by atoms with Gasteiger partial charge in [-0.15, -0.1) is 24.5 Å². The lowest BCUT2D eigenvalue weighted by molar-refractivity contribution is -0.274. The second kappa shape index (κ2) is 14.5. The van der Waals surface area contributed by atoms with Gasteiger partial charge in [0.1, 0.15) is 13.3 Å². The van der Waals surface area contributed by atoms with Crippen molar-refractivity contribution in [3.05, 3.63) is 46.8 Å². The highest BCUT2D eigenvalue weighted by atomic mass is 32.1. The van der Waals surface area contributed by atoms with Crippen LogP contribution in [0, 0.1) is 11.8 Å². The minimum atomic E-state index is -5.01. The van der Waals surface area contributed by atoms with Gasteiger partial charge in [0, 0.05) is 36.8 Å². The van der Waals surface area contributed by atoms with Crippen LogP contribution in [0.5, 0.6) is 5.75 Å². The van der Waals surface area contributed by atoms with E-state index in [1.807, 2.05) is 30.9 Å². The number of thiophene rings is 1. The average molecular weight is 719 g/mol. The lowest BCUT2D eigenvalue weighted by atomic mass is 10.0. The largest absolute Gasteiger partial charge is 0.573 e. The van der Waals surface area contributed by atoms with Gasteiger partial charge in [0.05, 0.1) is 40.0 Å². The van der Waals surface area contributed by atoms with E-state index >= 15 is 0 Å². The summed E-state index contributed by atoms with van der Waals surface area (Å²) < 4.78 is 114. The van der Waals surface area contributed by atoms with Crippen LogP contribution in [0.3, 0.4) is 0 Å². The lowest BCUT2D eigenvalue weighted by Crippen LogP contribution is -2.46. The molecule has 0 radical (unpaired) electrons. The first-order valence-electron chi connectivity index (χ1n) is 15.6. The monoisotopic (exact) mass is 718 g/mol. The zero-order chi connectivity index (χ0) is 34.9. The topological polar surface area (TPSA) is 56.8 Å². The maximum absolute atomic E-state index is 14.8. The number of nitrogens with one attached hydrogen (secondary N) is 2. The Bertz CT molecular complexity index is 1700. The molecule has 15 heteroatoms. The van der Waals surface area contributed by atoms with Gasteiger partial charge in [-0.25, -0.2) is 4.39 Å². The van der Waals surface area contributed by atoms with Gasteiger partial charge in [0.25, 0.3) is 0 Å². The van der Waals surface area contributed by atoms with Gasteiger partial charge in [0.15, 0.2) is 5.75 Å². The normalized spacial score (nSPS) is 23.9. The van der Waals surface area contributed by atoms with Crippen LogP contribution in [-0.4, -0.2) is 93.7 Å². The number of anilines is 2. The number of hydrogen-bond acceptors (Lipinski definition) is 7. The zero-order valence-electron chi connectivity index (χ0n) is 26.8. The molecule has 3 heterocycles. The van der Waals surface area contributed by atoms with Gasteiger partial charge < -0.3 is 29.7 Å². The van der Waals surface area contributed by atoms with E-state index in [2.05, 4.69) is 27.2 Å². The Kier molecular flexibility index (Phi) is 10.9. The number of halogens is 7. The fourth-order valence-electron chi connectivity index (χ4n) is 6.31. The Morgan fingerprint density at radius 1 is 1.06 bits per heavy atom. The predicted octanol–water partition coefficient (Wildman–Crippen LogP) is 7.53. The summed E-state index contributed by atoms with van der Waals surface area (Å²) in [5.41, 5.74) is 0.461. The fraction of sp³-hybridized carbons (Fsp3) is 0.515. The standard InChI is InChI=1S/C33H38F7N4O2PS/c1-43(2)21-12-16-47(45,17-13-21)22-9-10-27(29(18-22)46-33(38,39)40)41-14-5-8-30-24(19-32(35,36)37)23-6-4-7-28(31(23)48-30)42-26-11-15-44(3)20-25(26)34/h4,6-7,9-10,18,21,25-26,41-42H,11-17,19-20H2,1-3H3/t21?,25-,26?,47?/m0/s1. The van der Waals surface area contributed by atoms with Crippen LogP contribution in [0.15, 0.2) is 36.4 Å². The molecule has 0 saturated carbocycles. The van der Waals surface area contributed by atoms with Crippen LogP contribution < -0.4 is 20.7 Å². The summed E-state index contributed by atoms with van der Waals surface area (Å²) in [5.74, 6) is 4.96. The average Bonchev–Trinajstić information content (AvgIpc) is 3.33. The molecule has 2 N–H and O–H groups in total. The Labute approximate surface area is 279 Å². The van der Waals surface area contributed by atoms with Crippen LogP contribution in [0.1, 0.15) is 29.7 Å². The molecule has 6 nitrogen and oxygen atoms in total. The summed E-state index contributed by atoms with van der Waals surface area (Å²) in [7, 11) is 2.76. The van der Waals surface area contributed by atoms with Gasteiger partial charge in [-0.1, -0.05) is 24.0 Å². The number of rotatable bonds is 8. The number of benzene rings is 2. The van der Waals surface area contributed by atoms with E-state index in [0.717, 1.165) is 17.4 Å². The third kappa shape index (κ3) is 8.97. The number of hydrogen-bond donors (Lipinski definition) is 2. The molecule has 1 aromatic heterocycles. The summed E-state index contributed by atoms with van der Waals surface area (Å²) in [6.07, 6.45) is -9.32. The lowest BCUT2D eigenvalue weighted by Gasteiger charge is -2.33. The molecule has 3 aromatic rings. The molecule has 1 unspecified atom stereocenters. The molecule has 262 valence electrons. The van der Waals surface area contributed by atoms with Crippen molar-refractivity contribution in [3.8, 4) is 17.6 Å². The highest BCUT2D eigenvalue weighted by Crippen LogP contribution is 2.51. The van der Waals surface area contributed by atoms with Crippen molar-refractivity contribution in [2.75, 3.05) is 63.7 Å². The Hall–Kier alpha value is -2.98. The van der Waals surface area contributed by atoms with Gasteiger partial charge >= 0.3 is 12.5 Å². The molecule has 0 aliphatic carbocycles. The van der Waals surface area contributed by atoms with Crippen molar-refractivity contribution in [2.24, 2.45) is 0 Å².